The van der Waals surface area contributed by atoms with Crippen molar-refractivity contribution in [3.8, 4) is 5.75 Å². The molecular formula is C13H10Br2FNO3S. The van der Waals surface area contributed by atoms with Gasteiger partial charge in [-0.3, -0.25) is 0 Å². The summed E-state index contributed by atoms with van der Waals surface area (Å²) in [7, 11) is -3.77. The fourth-order valence-electron chi connectivity index (χ4n) is 1.57. The minimum Gasteiger partial charge on any atom is -0.488 e. The smallest absolute Gasteiger partial charge is 0.238 e. The first-order valence-corrected chi connectivity index (χ1v) is 8.79. The molecule has 4 nitrogen and oxygen atoms in total. The Balaban J connectivity index is 2.17. The maximum atomic E-state index is 13.7. The van der Waals surface area contributed by atoms with Crippen molar-refractivity contribution in [1.29, 1.82) is 0 Å². The van der Waals surface area contributed by atoms with E-state index in [1.54, 1.807) is 12.1 Å². The first-order chi connectivity index (χ1) is 9.77. The van der Waals surface area contributed by atoms with Gasteiger partial charge in [0, 0.05) is 10.0 Å². The Bertz CT molecular complexity index is 781. The van der Waals surface area contributed by atoms with Crippen molar-refractivity contribution in [3.63, 3.8) is 0 Å². The number of hydrogen-bond acceptors (Lipinski definition) is 3. The van der Waals surface area contributed by atoms with E-state index >= 15 is 0 Å². The highest BCUT2D eigenvalue weighted by atomic mass is 79.9. The second-order valence-electron chi connectivity index (χ2n) is 4.16. The quantitative estimate of drug-likeness (QED) is 0.793. The highest BCUT2D eigenvalue weighted by molar-refractivity contribution is 9.10. The van der Waals surface area contributed by atoms with Crippen LogP contribution in [-0.2, 0) is 16.6 Å². The number of nitrogens with two attached hydrogens (primary N) is 1. The van der Waals surface area contributed by atoms with Crippen molar-refractivity contribution in [2.24, 2.45) is 5.14 Å². The van der Waals surface area contributed by atoms with Gasteiger partial charge in [0.15, 0.2) is 0 Å². The number of ether oxygens (including phenoxy) is 1. The van der Waals surface area contributed by atoms with Crippen LogP contribution in [0.5, 0.6) is 5.75 Å². The van der Waals surface area contributed by atoms with Gasteiger partial charge in [-0.25, -0.2) is 17.9 Å². The molecule has 0 saturated heterocycles. The summed E-state index contributed by atoms with van der Waals surface area (Å²) in [6, 6.07) is 8.78. The average molecular weight is 439 g/mol. The van der Waals surface area contributed by atoms with Crippen LogP contribution < -0.4 is 9.88 Å². The van der Waals surface area contributed by atoms with Gasteiger partial charge in [0.05, 0.1) is 9.37 Å². The fourth-order valence-corrected chi connectivity index (χ4v) is 3.09. The van der Waals surface area contributed by atoms with Crippen molar-refractivity contribution >= 4 is 41.9 Å². The molecule has 21 heavy (non-hydrogen) atoms. The van der Waals surface area contributed by atoms with E-state index < -0.39 is 10.0 Å². The maximum Gasteiger partial charge on any atom is 0.238 e. The molecule has 2 aromatic rings. The van der Waals surface area contributed by atoms with Gasteiger partial charge in [0.25, 0.3) is 0 Å². The maximum absolute atomic E-state index is 13.7. The van der Waals surface area contributed by atoms with Crippen LogP contribution in [0.4, 0.5) is 4.39 Å². The fraction of sp³-hybridized carbons (Fsp3) is 0.0769. The van der Waals surface area contributed by atoms with Crippen LogP contribution in [0.3, 0.4) is 0 Å². The monoisotopic (exact) mass is 437 g/mol. The van der Waals surface area contributed by atoms with Gasteiger partial charge in [-0.2, -0.15) is 0 Å². The van der Waals surface area contributed by atoms with Crippen molar-refractivity contribution < 1.29 is 17.5 Å². The summed E-state index contributed by atoms with van der Waals surface area (Å²) in [5, 5.41) is 5.03. The third-order valence-electron chi connectivity index (χ3n) is 2.63. The Morgan fingerprint density at radius 2 is 1.86 bits per heavy atom. The van der Waals surface area contributed by atoms with Crippen LogP contribution in [0.25, 0.3) is 0 Å². The predicted molar refractivity (Wildman–Crippen MR) is 83.9 cm³/mol. The molecule has 8 heteroatoms. The zero-order valence-corrected chi connectivity index (χ0v) is 14.5. The van der Waals surface area contributed by atoms with E-state index in [1.165, 1.54) is 24.3 Å². The van der Waals surface area contributed by atoms with Gasteiger partial charge in [-0.05, 0) is 46.3 Å². The molecule has 0 unspecified atom stereocenters. The van der Waals surface area contributed by atoms with Crippen LogP contribution in [0.2, 0.25) is 0 Å². The highest BCUT2D eigenvalue weighted by Gasteiger charge is 2.11. The minimum absolute atomic E-state index is 0.0203. The zero-order chi connectivity index (χ0) is 15.6. The van der Waals surface area contributed by atoms with Crippen molar-refractivity contribution in [1.82, 2.24) is 0 Å². The Hall–Kier alpha value is -0.960. The summed E-state index contributed by atoms with van der Waals surface area (Å²) >= 11 is 6.37. The Morgan fingerprint density at radius 3 is 2.43 bits per heavy atom. The molecule has 0 aliphatic carbocycles. The SMILES string of the molecule is NS(=O)(=O)c1ccc(OCc2ccc(Br)cc2F)c(Br)c1. The summed E-state index contributed by atoms with van der Waals surface area (Å²) in [5.41, 5.74) is 0.389. The van der Waals surface area contributed by atoms with E-state index in [9.17, 15) is 12.8 Å². The third kappa shape index (κ3) is 4.26. The largest absolute Gasteiger partial charge is 0.488 e. The Morgan fingerprint density at radius 1 is 1.14 bits per heavy atom. The van der Waals surface area contributed by atoms with Gasteiger partial charge < -0.3 is 4.74 Å². The summed E-state index contributed by atoms with van der Waals surface area (Å²) in [5.74, 6) is 0.00590. The molecule has 2 aromatic carbocycles. The number of halogens is 3. The number of hydrogen-bond donors (Lipinski definition) is 1. The van der Waals surface area contributed by atoms with Crippen LogP contribution in [-0.4, -0.2) is 8.42 Å². The van der Waals surface area contributed by atoms with Crippen LogP contribution in [0.15, 0.2) is 50.2 Å². The highest BCUT2D eigenvalue weighted by Crippen LogP contribution is 2.28. The molecule has 0 saturated carbocycles. The second-order valence-corrected chi connectivity index (χ2v) is 7.49. The first-order valence-electron chi connectivity index (χ1n) is 5.66. The van der Waals surface area contributed by atoms with Gasteiger partial charge >= 0.3 is 0 Å². The van der Waals surface area contributed by atoms with E-state index in [4.69, 9.17) is 9.88 Å². The molecule has 0 amide bonds. The summed E-state index contributed by atoms with van der Waals surface area (Å²) in [6.45, 7) is 0.0203. The Kier molecular flexibility index (Phi) is 5.03. The van der Waals surface area contributed by atoms with E-state index in [0.717, 1.165) is 0 Å². The molecule has 112 valence electrons. The molecular weight excluding hydrogens is 429 g/mol. The molecule has 2 rings (SSSR count). The average Bonchev–Trinajstić information content (AvgIpc) is 2.38. The lowest BCUT2D eigenvalue weighted by Gasteiger charge is -2.10. The van der Waals surface area contributed by atoms with E-state index in [-0.39, 0.29) is 17.3 Å². The minimum atomic E-state index is -3.77. The Labute approximate surface area is 138 Å². The van der Waals surface area contributed by atoms with Crippen molar-refractivity contribution in [2.75, 3.05) is 0 Å². The number of benzene rings is 2. The third-order valence-corrected chi connectivity index (χ3v) is 4.65. The first kappa shape index (κ1) is 16.4. The lowest BCUT2D eigenvalue weighted by molar-refractivity contribution is 0.297. The number of primary sulfonamides is 1. The van der Waals surface area contributed by atoms with Gasteiger partial charge in [-0.15, -0.1) is 0 Å². The van der Waals surface area contributed by atoms with Crippen molar-refractivity contribution in [2.45, 2.75) is 11.5 Å². The summed E-state index contributed by atoms with van der Waals surface area (Å²) in [6.07, 6.45) is 0. The van der Waals surface area contributed by atoms with Crippen LogP contribution in [0, 0.1) is 5.82 Å². The van der Waals surface area contributed by atoms with Crippen LogP contribution >= 0.6 is 31.9 Å². The number of rotatable bonds is 4. The van der Waals surface area contributed by atoms with Gasteiger partial charge in [0.2, 0.25) is 10.0 Å². The normalized spacial score (nSPS) is 11.4. The molecule has 0 aliphatic rings. The molecule has 0 radical (unpaired) electrons. The lowest BCUT2D eigenvalue weighted by atomic mass is 10.2. The molecule has 0 aromatic heterocycles. The molecule has 0 bridgehead atoms. The number of sulfonamides is 1. The van der Waals surface area contributed by atoms with Crippen LogP contribution in [0.1, 0.15) is 5.56 Å². The van der Waals surface area contributed by atoms with E-state index in [0.29, 0.717) is 20.3 Å². The zero-order valence-electron chi connectivity index (χ0n) is 10.5. The molecule has 0 spiro atoms. The predicted octanol–water partition coefficient (Wildman–Crippen LogP) is 3.58. The van der Waals surface area contributed by atoms with E-state index in [1.807, 2.05) is 0 Å². The van der Waals surface area contributed by atoms with E-state index in [2.05, 4.69) is 31.9 Å². The summed E-state index contributed by atoms with van der Waals surface area (Å²) in [4.78, 5) is -0.0310. The summed E-state index contributed by atoms with van der Waals surface area (Å²) < 4.78 is 42.6. The molecule has 0 atom stereocenters. The topological polar surface area (TPSA) is 69.4 Å². The van der Waals surface area contributed by atoms with Gasteiger partial charge in [0.1, 0.15) is 18.2 Å². The lowest BCUT2D eigenvalue weighted by Crippen LogP contribution is -2.12. The molecule has 2 N–H and O–H groups in total. The molecule has 0 aliphatic heterocycles. The van der Waals surface area contributed by atoms with Crippen molar-refractivity contribution in [3.05, 3.63) is 56.7 Å². The standard InChI is InChI=1S/C13H10Br2FNO3S/c14-9-2-1-8(12(16)5-9)7-20-13-4-3-10(6-11(13)15)21(17,18)19/h1-6H,7H2,(H2,17,18,19). The molecule has 0 heterocycles. The molecule has 0 fully saturated rings. The second kappa shape index (κ2) is 6.43. The van der Waals surface area contributed by atoms with Gasteiger partial charge in [-0.1, -0.05) is 22.0 Å².